The Morgan fingerprint density at radius 2 is 0.900 bits per heavy atom. The second-order valence-electron chi connectivity index (χ2n) is 14.5. The van der Waals surface area contributed by atoms with Crippen LogP contribution in [-0.4, -0.2) is 0 Å². The smallest absolute Gasteiger partial charge is 0.0158 e. The second kappa shape index (κ2) is 10.8. The Labute approximate surface area is 293 Å². The van der Waals surface area contributed by atoms with Gasteiger partial charge in [-0.25, -0.2) is 0 Å². The predicted molar refractivity (Wildman–Crippen MR) is 215 cm³/mol. The molecule has 0 atom stereocenters. The van der Waals surface area contributed by atoms with Gasteiger partial charge in [-0.15, -0.1) is 0 Å². The molecule has 9 aromatic carbocycles. The molecule has 9 aromatic rings. The van der Waals surface area contributed by atoms with Crippen LogP contribution in [0.1, 0.15) is 30.5 Å². The zero-order chi connectivity index (χ0) is 33.6. The molecule has 0 aromatic heterocycles. The molecule has 0 spiro atoms. The summed E-state index contributed by atoms with van der Waals surface area (Å²) in [6.45, 7) is 6.92. The normalized spacial score (nSPS) is 13.3. The fourth-order valence-corrected chi connectivity index (χ4v) is 8.90. The van der Waals surface area contributed by atoms with Crippen molar-refractivity contribution in [1.29, 1.82) is 0 Å². The van der Waals surface area contributed by atoms with Crippen molar-refractivity contribution in [2.24, 2.45) is 0 Å². The molecule has 0 bridgehead atoms. The number of rotatable bonds is 3. The molecule has 0 nitrogen and oxygen atoms in total. The summed E-state index contributed by atoms with van der Waals surface area (Å²) in [5, 5.41) is 10.3. The topological polar surface area (TPSA) is 0 Å². The standard InChI is InChI=1S/C50H36/c1-31-20-26-42-45(28-31)49(35-25-27-47-44(30-35)39-16-10-11-19-46(39)50(47,2)3)41-18-9-8-17-40(41)48(42)33-23-21-32(22-24-33)43-29-34-12-4-5-13-36(34)37-14-6-7-15-38(37)43/h4-30H,1-3H3. The molecule has 0 aliphatic heterocycles. The van der Waals surface area contributed by atoms with E-state index >= 15 is 0 Å². The molecular weight excluding hydrogens is 601 g/mol. The Morgan fingerprint density at radius 1 is 0.340 bits per heavy atom. The van der Waals surface area contributed by atoms with Crippen molar-refractivity contribution >= 4 is 43.1 Å². The molecule has 0 amide bonds. The van der Waals surface area contributed by atoms with Gasteiger partial charge in [0.05, 0.1) is 0 Å². The van der Waals surface area contributed by atoms with Crippen LogP contribution in [0.4, 0.5) is 0 Å². The molecule has 0 fully saturated rings. The van der Waals surface area contributed by atoms with Gasteiger partial charge in [-0.2, -0.15) is 0 Å². The summed E-state index contributed by atoms with van der Waals surface area (Å²) in [6.07, 6.45) is 0. The highest BCUT2D eigenvalue weighted by Gasteiger charge is 2.35. The Hall–Kier alpha value is -5.98. The van der Waals surface area contributed by atoms with E-state index in [9.17, 15) is 0 Å². The van der Waals surface area contributed by atoms with E-state index in [4.69, 9.17) is 0 Å². The van der Waals surface area contributed by atoms with E-state index in [1.165, 1.54) is 104 Å². The lowest BCUT2D eigenvalue weighted by atomic mass is 9.81. The number of aryl methyl sites for hydroxylation is 1. The first-order valence-corrected chi connectivity index (χ1v) is 17.7. The van der Waals surface area contributed by atoms with Crippen molar-refractivity contribution in [2.45, 2.75) is 26.2 Å². The molecular formula is C50H36. The van der Waals surface area contributed by atoms with Crippen molar-refractivity contribution in [1.82, 2.24) is 0 Å². The first-order chi connectivity index (χ1) is 24.5. The van der Waals surface area contributed by atoms with Crippen LogP contribution in [0.25, 0.3) is 87.6 Å². The Bertz CT molecular complexity index is 2830. The van der Waals surface area contributed by atoms with E-state index in [-0.39, 0.29) is 5.41 Å². The van der Waals surface area contributed by atoms with Crippen LogP contribution in [0.3, 0.4) is 0 Å². The van der Waals surface area contributed by atoms with E-state index in [0.29, 0.717) is 0 Å². The zero-order valence-electron chi connectivity index (χ0n) is 28.6. The molecule has 0 radical (unpaired) electrons. The lowest BCUT2D eigenvalue weighted by molar-refractivity contribution is 0.660. The van der Waals surface area contributed by atoms with Crippen molar-refractivity contribution in [3.05, 3.63) is 180 Å². The number of fused-ring (bicyclic) bond motifs is 8. The number of benzene rings is 9. The first kappa shape index (κ1) is 29.0. The lowest BCUT2D eigenvalue weighted by Crippen LogP contribution is -2.14. The Kier molecular flexibility index (Phi) is 6.24. The predicted octanol–water partition coefficient (Wildman–Crippen LogP) is 13.9. The summed E-state index contributed by atoms with van der Waals surface area (Å²) in [4.78, 5) is 0. The van der Waals surface area contributed by atoms with Crippen LogP contribution in [-0.2, 0) is 5.41 Å². The monoisotopic (exact) mass is 636 g/mol. The molecule has 0 unspecified atom stereocenters. The van der Waals surface area contributed by atoms with Gasteiger partial charge in [0.2, 0.25) is 0 Å². The van der Waals surface area contributed by atoms with E-state index in [2.05, 4.69) is 185 Å². The summed E-state index contributed by atoms with van der Waals surface area (Å²) in [7, 11) is 0. The fraction of sp³-hybridized carbons (Fsp3) is 0.0800. The van der Waals surface area contributed by atoms with Crippen LogP contribution in [0, 0.1) is 6.92 Å². The van der Waals surface area contributed by atoms with Crippen molar-refractivity contribution in [2.75, 3.05) is 0 Å². The van der Waals surface area contributed by atoms with E-state index in [1.807, 2.05) is 0 Å². The van der Waals surface area contributed by atoms with Gasteiger partial charge in [0.15, 0.2) is 0 Å². The highest BCUT2D eigenvalue weighted by molar-refractivity contribution is 6.22. The van der Waals surface area contributed by atoms with Crippen molar-refractivity contribution in [3.8, 4) is 44.5 Å². The summed E-state index contributed by atoms with van der Waals surface area (Å²) in [5.74, 6) is 0. The molecule has 1 aliphatic carbocycles. The summed E-state index contributed by atoms with van der Waals surface area (Å²) in [5.41, 5.74) is 14.4. The highest BCUT2D eigenvalue weighted by atomic mass is 14.4. The van der Waals surface area contributed by atoms with Crippen molar-refractivity contribution < 1.29 is 0 Å². The third-order valence-corrected chi connectivity index (χ3v) is 11.3. The number of hydrogen-bond acceptors (Lipinski definition) is 0. The second-order valence-corrected chi connectivity index (χ2v) is 14.5. The quantitative estimate of drug-likeness (QED) is 0.134. The van der Waals surface area contributed by atoms with Gasteiger partial charge in [0.1, 0.15) is 0 Å². The number of hydrogen-bond donors (Lipinski definition) is 0. The van der Waals surface area contributed by atoms with Crippen LogP contribution in [0.2, 0.25) is 0 Å². The van der Waals surface area contributed by atoms with Crippen LogP contribution < -0.4 is 0 Å². The average molecular weight is 637 g/mol. The molecule has 0 N–H and O–H groups in total. The minimum absolute atomic E-state index is 0.0136. The van der Waals surface area contributed by atoms with Gasteiger partial charge in [0, 0.05) is 5.41 Å². The minimum atomic E-state index is -0.0136. The SMILES string of the molecule is Cc1ccc2c(-c3ccc(-c4cc5ccccc5c5ccccc45)cc3)c3ccccc3c(-c3ccc4c(c3)-c3ccccc3C4(C)C)c2c1. The van der Waals surface area contributed by atoms with Crippen LogP contribution >= 0.6 is 0 Å². The van der Waals surface area contributed by atoms with E-state index in [0.717, 1.165) is 0 Å². The van der Waals surface area contributed by atoms with Crippen LogP contribution in [0.15, 0.2) is 164 Å². The fourth-order valence-electron chi connectivity index (χ4n) is 8.90. The summed E-state index contributed by atoms with van der Waals surface area (Å²) < 4.78 is 0. The highest BCUT2D eigenvalue weighted by Crippen LogP contribution is 2.51. The van der Waals surface area contributed by atoms with Gasteiger partial charge < -0.3 is 0 Å². The molecule has 0 heteroatoms. The first-order valence-electron chi connectivity index (χ1n) is 17.7. The molecule has 10 rings (SSSR count). The van der Waals surface area contributed by atoms with Gasteiger partial charge in [0.25, 0.3) is 0 Å². The van der Waals surface area contributed by atoms with Crippen LogP contribution in [0.5, 0.6) is 0 Å². The lowest BCUT2D eigenvalue weighted by Gasteiger charge is -2.22. The third-order valence-electron chi connectivity index (χ3n) is 11.3. The van der Waals surface area contributed by atoms with Gasteiger partial charge in [-0.05, 0) is 118 Å². The molecule has 0 saturated heterocycles. The van der Waals surface area contributed by atoms with Gasteiger partial charge >= 0.3 is 0 Å². The Morgan fingerprint density at radius 3 is 1.68 bits per heavy atom. The summed E-state index contributed by atoms with van der Waals surface area (Å²) >= 11 is 0. The third kappa shape index (κ3) is 4.18. The molecule has 0 heterocycles. The maximum absolute atomic E-state index is 2.45. The molecule has 0 saturated carbocycles. The molecule has 50 heavy (non-hydrogen) atoms. The zero-order valence-corrected chi connectivity index (χ0v) is 28.6. The van der Waals surface area contributed by atoms with Crippen molar-refractivity contribution in [3.63, 3.8) is 0 Å². The van der Waals surface area contributed by atoms with Gasteiger partial charge in [-0.1, -0.05) is 171 Å². The maximum Gasteiger partial charge on any atom is 0.0158 e. The maximum atomic E-state index is 2.45. The van der Waals surface area contributed by atoms with E-state index in [1.54, 1.807) is 0 Å². The van der Waals surface area contributed by atoms with Gasteiger partial charge in [-0.3, -0.25) is 0 Å². The minimum Gasteiger partial charge on any atom is -0.0619 e. The Balaban J connectivity index is 1.19. The largest absolute Gasteiger partial charge is 0.0619 e. The average Bonchev–Trinajstić information content (AvgIpc) is 3.39. The molecule has 236 valence electrons. The molecule has 1 aliphatic rings. The van der Waals surface area contributed by atoms with E-state index < -0.39 is 0 Å². The summed E-state index contributed by atoms with van der Waals surface area (Å²) in [6, 6.07) is 61.3.